The lowest BCUT2D eigenvalue weighted by Crippen LogP contribution is -2.06. The van der Waals surface area contributed by atoms with Crippen LogP contribution in [0.2, 0.25) is 5.02 Å². The Bertz CT molecular complexity index is 643. The molecule has 5 heteroatoms. The number of para-hydroxylation sites is 1. The molecule has 0 spiro atoms. The molecule has 0 amide bonds. The Morgan fingerprint density at radius 3 is 2.65 bits per heavy atom. The number of nitrogens with zero attached hydrogens (tertiary/aromatic N) is 1. The maximum Gasteiger partial charge on any atom is 0.272 e. The molecule has 1 N–H and O–H groups in total. The average Bonchev–Trinajstić information content (AvgIpc) is 2.42. The van der Waals surface area contributed by atoms with Crippen molar-refractivity contribution in [2.24, 2.45) is 0 Å². The highest BCUT2D eigenvalue weighted by Crippen LogP contribution is 2.29. The summed E-state index contributed by atoms with van der Waals surface area (Å²) < 4.78 is 0. The zero-order valence-electron chi connectivity index (χ0n) is 10.9. The van der Waals surface area contributed by atoms with E-state index in [-0.39, 0.29) is 12.1 Å². The summed E-state index contributed by atoms with van der Waals surface area (Å²) in [5.41, 5.74) is 2.01. The van der Waals surface area contributed by atoms with Crippen LogP contribution in [0.3, 0.4) is 0 Å². The van der Waals surface area contributed by atoms with E-state index in [0.717, 1.165) is 5.56 Å². The van der Waals surface area contributed by atoms with Crippen LogP contribution in [-0.2, 0) is 6.42 Å². The van der Waals surface area contributed by atoms with Gasteiger partial charge in [-0.2, -0.15) is 0 Å². The van der Waals surface area contributed by atoms with Crippen molar-refractivity contribution in [1.29, 1.82) is 0 Å². The molecule has 0 bridgehead atoms. The summed E-state index contributed by atoms with van der Waals surface area (Å²) in [7, 11) is 0. The summed E-state index contributed by atoms with van der Waals surface area (Å²) in [4.78, 5) is 10.5. The molecule has 20 heavy (non-hydrogen) atoms. The Balaban J connectivity index is 2.30. The van der Waals surface area contributed by atoms with Crippen LogP contribution in [0.4, 0.5) is 5.69 Å². The van der Waals surface area contributed by atoms with E-state index in [1.54, 1.807) is 36.4 Å². The van der Waals surface area contributed by atoms with Gasteiger partial charge in [0.25, 0.3) is 5.69 Å². The molecule has 0 aliphatic heterocycles. The van der Waals surface area contributed by atoms with Gasteiger partial charge < -0.3 is 5.11 Å². The third-order valence-corrected chi connectivity index (χ3v) is 3.68. The molecular formula is C15H14ClNO3. The molecule has 4 nitrogen and oxygen atoms in total. The van der Waals surface area contributed by atoms with Gasteiger partial charge in [-0.15, -0.1) is 0 Å². The molecule has 1 unspecified atom stereocenters. The summed E-state index contributed by atoms with van der Waals surface area (Å²) in [6.45, 7) is 1.82. The fourth-order valence-corrected chi connectivity index (χ4v) is 2.35. The quantitative estimate of drug-likeness (QED) is 0.688. The standard InChI is InChI=1S/C15H14ClNO3/c1-10-12(6-4-7-13(10)16)15(18)9-11-5-2-3-8-14(11)17(19)20/h2-8,15,18H,9H2,1H3. The van der Waals surface area contributed by atoms with Gasteiger partial charge in [0.05, 0.1) is 11.0 Å². The highest BCUT2D eigenvalue weighted by molar-refractivity contribution is 6.31. The van der Waals surface area contributed by atoms with Crippen LogP contribution in [0, 0.1) is 17.0 Å². The maximum absolute atomic E-state index is 11.0. The first-order valence-corrected chi connectivity index (χ1v) is 6.54. The molecule has 0 saturated heterocycles. The predicted molar refractivity (Wildman–Crippen MR) is 77.9 cm³/mol. The van der Waals surface area contributed by atoms with Gasteiger partial charge in [0.2, 0.25) is 0 Å². The summed E-state index contributed by atoms with van der Waals surface area (Å²) in [5.74, 6) is 0. The van der Waals surface area contributed by atoms with Gasteiger partial charge in [-0.1, -0.05) is 41.9 Å². The van der Waals surface area contributed by atoms with Crippen molar-refractivity contribution in [3.63, 3.8) is 0 Å². The monoisotopic (exact) mass is 291 g/mol. The number of halogens is 1. The number of hydrogen-bond acceptors (Lipinski definition) is 3. The van der Waals surface area contributed by atoms with E-state index in [9.17, 15) is 15.2 Å². The summed E-state index contributed by atoms with van der Waals surface area (Å²) in [6.07, 6.45) is -0.645. The lowest BCUT2D eigenvalue weighted by molar-refractivity contribution is -0.385. The number of benzene rings is 2. The molecule has 0 aliphatic carbocycles. The van der Waals surface area contributed by atoms with E-state index in [2.05, 4.69) is 0 Å². The lowest BCUT2D eigenvalue weighted by Gasteiger charge is -2.14. The van der Waals surface area contributed by atoms with Crippen LogP contribution < -0.4 is 0 Å². The van der Waals surface area contributed by atoms with E-state index in [4.69, 9.17) is 11.6 Å². The molecule has 0 aliphatic rings. The molecule has 1 atom stereocenters. The van der Waals surface area contributed by atoms with E-state index in [1.165, 1.54) is 6.07 Å². The van der Waals surface area contributed by atoms with Crippen LogP contribution in [-0.4, -0.2) is 10.0 Å². The first kappa shape index (κ1) is 14.5. The van der Waals surface area contributed by atoms with Crippen LogP contribution in [0.25, 0.3) is 0 Å². The zero-order chi connectivity index (χ0) is 14.7. The molecule has 104 valence electrons. The highest BCUT2D eigenvalue weighted by atomic mass is 35.5. The summed E-state index contributed by atoms with van der Waals surface area (Å²) >= 11 is 6.02. The fraction of sp³-hybridized carbons (Fsp3) is 0.200. The van der Waals surface area contributed by atoms with Crippen molar-refractivity contribution in [3.8, 4) is 0 Å². The first-order chi connectivity index (χ1) is 9.50. The minimum atomic E-state index is -0.824. The molecule has 0 heterocycles. The number of rotatable bonds is 4. The maximum atomic E-state index is 11.0. The Hall–Kier alpha value is -1.91. The molecule has 0 radical (unpaired) electrons. The second-order valence-electron chi connectivity index (χ2n) is 4.56. The zero-order valence-corrected chi connectivity index (χ0v) is 11.7. The molecular weight excluding hydrogens is 278 g/mol. The Labute approximate surface area is 121 Å². The van der Waals surface area contributed by atoms with Gasteiger partial charge in [-0.25, -0.2) is 0 Å². The molecule has 0 aromatic heterocycles. The van der Waals surface area contributed by atoms with Crippen molar-refractivity contribution in [1.82, 2.24) is 0 Å². The van der Waals surface area contributed by atoms with Crippen LogP contribution in [0.1, 0.15) is 22.8 Å². The molecule has 0 fully saturated rings. The topological polar surface area (TPSA) is 63.4 Å². The molecule has 0 saturated carbocycles. The lowest BCUT2D eigenvalue weighted by atomic mass is 9.97. The minimum absolute atomic E-state index is 0.0197. The Morgan fingerprint density at radius 2 is 1.95 bits per heavy atom. The fourth-order valence-electron chi connectivity index (χ4n) is 2.16. The van der Waals surface area contributed by atoms with Crippen molar-refractivity contribution >= 4 is 17.3 Å². The summed E-state index contributed by atoms with van der Waals surface area (Å²) in [6, 6.07) is 11.7. The van der Waals surface area contributed by atoms with Crippen LogP contribution >= 0.6 is 11.6 Å². The third kappa shape index (κ3) is 2.98. The van der Waals surface area contributed by atoms with Crippen LogP contribution in [0.5, 0.6) is 0 Å². The molecule has 2 aromatic carbocycles. The Morgan fingerprint density at radius 1 is 1.25 bits per heavy atom. The van der Waals surface area contributed by atoms with Crippen molar-refractivity contribution in [2.75, 3.05) is 0 Å². The Kier molecular flexibility index (Phi) is 4.37. The van der Waals surface area contributed by atoms with Crippen molar-refractivity contribution in [2.45, 2.75) is 19.4 Å². The molecule has 2 rings (SSSR count). The van der Waals surface area contributed by atoms with Gasteiger partial charge in [0.1, 0.15) is 0 Å². The average molecular weight is 292 g/mol. The van der Waals surface area contributed by atoms with E-state index in [0.29, 0.717) is 16.1 Å². The SMILES string of the molecule is Cc1c(Cl)cccc1C(O)Cc1ccccc1[N+](=O)[O-]. The van der Waals surface area contributed by atoms with Gasteiger partial charge in [-0.3, -0.25) is 10.1 Å². The smallest absolute Gasteiger partial charge is 0.272 e. The third-order valence-electron chi connectivity index (χ3n) is 3.27. The number of aliphatic hydroxyl groups is 1. The van der Waals surface area contributed by atoms with E-state index < -0.39 is 11.0 Å². The largest absolute Gasteiger partial charge is 0.388 e. The van der Waals surface area contributed by atoms with Crippen molar-refractivity contribution in [3.05, 3.63) is 74.3 Å². The predicted octanol–water partition coefficient (Wildman–Crippen LogP) is 3.83. The van der Waals surface area contributed by atoms with Crippen LogP contribution in [0.15, 0.2) is 42.5 Å². The van der Waals surface area contributed by atoms with Gasteiger partial charge in [-0.05, 0) is 24.1 Å². The second kappa shape index (κ2) is 6.03. The van der Waals surface area contributed by atoms with E-state index in [1.807, 2.05) is 6.92 Å². The van der Waals surface area contributed by atoms with Crippen molar-refractivity contribution < 1.29 is 10.0 Å². The number of nitro benzene ring substituents is 1. The number of hydrogen-bond donors (Lipinski definition) is 1. The second-order valence-corrected chi connectivity index (χ2v) is 4.97. The normalized spacial score (nSPS) is 12.2. The highest BCUT2D eigenvalue weighted by Gasteiger charge is 2.18. The first-order valence-electron chi connectivity index (χ1n) is 6.16. The summed E-state index contributed by atoms with van der Waals surface area (Å²) in [5, 5.41) is 21.8. The van der Waals surface area contributed by atoms with E-state index >= 15 is 0 Å². The number of nitro groups is 1. The van der Waals surface area contributed by atoms with Gasteiger partial charge in [0, 0.05) is 23.1 Å². The molecule has 2 aromatic rings. The minimum Gasteiger partial charge on any atom is -0.388 e. The number of aliphatic hydroxyl groups excluding tert-OH is 1. The van der Waals surface area contributed by atoms with Gasteiger partial charge in [0.15, 0.2) is 0 Å². The van der Waals surface area contributed by atoms with Gasteiger partial charge >= 0.3 is 0 Å².